The molecule has 1 aromatic heterocycles. The molecule has 0 bridgehead atoms. The zero-order valence-corrected chi connectivity index (χ0v) is 12.4. The van der Waals surface area contributed by atoms with Gasteiger partial charge in [-0.3, -0.25) is 14.6 Å². The van der Waals surface area contributed by atoms with Crippen LogP contribution in [-0.2, 0) is 16.6 Å². The van der Waals surface area contributed by atoms with Crippen LogP contribution >= 0.6 is 0 Å². The molecule has 0 saturated heterocycles. The molecule has 1 rings (SSSR count). The van der Waals surface area contributed by atoms with E-state index in [4.69, 9.17) is 9.84 Å². The quantitative estimate of drug-likeness (QED) is 0.786. The third kappa shape index (κ3) is 3.31. The Bertz CT molecular complexity index is 652. The van der Waals surface area contributed by atoms with Crippen LogP contribution in [0.4, 0.5) is 0 Å². The molecule has 6 heteroatoms. The van der Waals surface area contributed by atoms with Gasteiger partial charge in [0, 0.05) is 13.5 Å². The summed E-state index contributed by atoms with van der Waals surface area (Å²) >= 11 is 0. The minimum Gasteiger partial charge on any atom is -0.497 e. The Labute approximate surface area is 117 Å². The molecule has 0 amide bonds. The third-order valence-corrected chi connectivity index (χ3v) is 3.10. The Kier molecular flexibility index (Phi) is 5.61. The fraction of sp³-hybridized carbons (Fsp3) is 0.571. The van der Waals surface area contributed by atoms with Crippen molar-refractivity contribution in [2.75, 3.05) is 6.61 Å². The number of hydrogen-bond acceptors (Lipinski definition) is 3. The summed E-state index contributed by atoms with van der Waals surface area (Å²) in [4.78, 5) is 23.4. The molecule has 0 aliphatic rings. The molecule has 20 heavy (non-hydrogen) atoms. The summed E-state index contributed by atoms with van der Waals surface area (Å²) in [5, 5.41) is 12.6. The first-order valence-corrected chi connectivity index (χ1v) is 6.79. The van der Waals surface area contributed by atoms with Gasteiger partial charge in [-0.1, -0.05) is 13.3 Å². The van der Waals surface area contributed by atoms with E-state index < -0.39 is 5.97 Å². The van der Waals surface area contributed by atoms with E-state index in [1.54, 1.807) is 7.05 Å². The number of rotatable bonds is 6. The number of aryl methyl sites for hydroxylation is 1. The molecule has 0 aliphatic carbocycles. The predicted octanol–water partition coefficient (Wildman–Crippen LogP) is 0.304. The zero-order valence-electron chi connectivity index (χ0n) is 12.4. The van der Waals surface area contributed by atoms with Gasteiger partial charge in [-0.25, -0.2) is 4.79 Å². The van der Waals surface area contributed by atoms with Gasteiger partial charge in [0.2, 0.25) is 0 Å². The van der Waals surface area contributed by atoms with Crippen molar-refractivity contribution >= 4 is 17.3 Å². The topological polar surface area (TPSA) is 84.3 Å². The highest BCUT2D eigenvalue weighted by atomic mass is 16.5. The lowest BCUT2D eigenvalue weighted by Crippen LogP contribution is -2.39. The number of aromatic amines is 1. The summed E-state index contributed by atoms with van der Waals surface area (Å²) in [6, 6.07) is 0. The van der Waals surface area contributed by atoms with E-state index in [1.165, 1.54) is 11.6 Å². The summed E-state index contributed by atoms with van der Waals surface area (Å²) < 4.78 is 6.85. The number of carboxylic acids is 1. The summed E-state index contributed by atoms with van der Waals surface area (Å²) in [5.74, 6) is -0.494. The van der Waals surface area contributed by atoms with Gasteiger partial charge in [0.25, 0.3) is 5.56 Å². The van der Waals surface area contributed by atoms with Crippen LogP contribution in [0.3, 0.4) is 0 Å². The number of H-pyrrole nitrogens is 1. The van der Waals surface area contributed by atoms with Gasteiger partial charge < -0.3 is 9.84 Å². The van der Waals surface area contributed by atoms with Crippen LogP contribution in [0.25, 0.3) is 11.3 Å². The number of unbranched alkanes of at least 4 members (excludes halogenated alkanes) is 1. The normalized spacial score (nSPS) is 14.0. The summed E-state index contributed by atoms with van der Waals surface area (Å²) in [5.41, 5.74) is -0.161. The van der Waals surface area contributed by atoms with E-state index >= 15 is 0 Å². The number of nitrogens with zero attached hydrogens (tertiary/aromatic N) is 1. The molecule has 1 heterocycles. The fourth-order valence-electron chi connectivity index (χ4n) is 1.97. The van der Waals surface area contributed by atoms with E-state index in [2.05, 4.69) is 5.10 Å². The summed E-state index contributed by atoms with van der Waals surface area (Å²) in [7, 11) is 1.56. The highest BCUT2D eigenvalue weighted by Gasteiger charge is 2.12. The second kappa shape index (κ2) is 6.98. The molecule has 0 unspecified atom stereocenters. The van der Waals surface area contributed by atoms with Crippen molar-refractivity contribution in [3.63, 3.8) is 0 Å². The first-order valence-electron chi connectivity index (χ1n) is 6.79. The monoisotopic (exact) mass is 282 g/mol. The molecule has 0 saturated carbocycles. The van der Waals surface area contributed by atoms with E-state index in [0.29, 0.717) is 29.4 Å². The average Bonchev–Trinajstić information content (AvgIpc) is 2.70. The largest absolute Gasteiger partial charge is 0.497 e. The van der Waals surface area contributed by atoms with Crippen molar-refractivity contribution < 1.29 is 14.6 Å². The first-order chi connectivity index (χ1) is 9.43. The van der Waals surface area contributed by atoms with Gasteiger partial charge in [0.1, 0.15) is 11.0 Å². The molecular formula is C14H22N2O4. The Morgan fingerprint density at radius 1 is 1.40 bits per heavy atom. The molecule has 112 valence electrons. The van der Waals surface area contributed by atoms with Crippen LogP contribution in [0.15, 0.2) is 4.79 Å². The molecule has 0 radical (unpaired) electrons. The molecule has 0 aliphatic heterocycles. The second-order valence-corrected chi connectivity index (χ2v) is 4.62. The second-order valence-electron chi connectivity index (χ2n) is 4.62. The summed E-state index contributed by atoms with van der Waals surface area (Å²) in [6.07, 6.45) is 2.48. The lowest BCUT2D eigenvalue weighted by atomic mass is 10.1. The lowest BCUT2D eigenvalue weighted by Gasteiger charge is -2.06. The third-order valence-electron chi connectivity index (χ3n) is 3.10. The molecule has 2 N–H and O–H groups in total. The first kappa shape index (κ1) is 16.1. The number of aliphatic carboxylic acids is 1. The molecule has 0 atom stereocenters. The van der Waals surface area contributed by atoms with Crippen molar-refractivity contribution in [2.45, 2.75) is 40.0 Å². The highest BCUT2D eigenvalue weighted by molar-refractivity contribution is 6.07. The van der Waals surface area contributed by atoms with Crippen LogP contribution in [0.1, 0.15) is 40.0 Å². The SMILES string of the molecule is CCCCC(OCC)=c1c(=C(C)C(=O)O)[nH]n(C)c1=O. The molecule has 6 nitrogen and oxygen atoms in total. The van der Waals surface area contributed by atoms with Gasteiger partial charge in [0.05, 0.1) is 17.5 Å². The zero-order chi connectivity index (χ0) is 15.3. The smallest absolute Gasteiger partial charge is 0.333 e. The standard InChI is InChI=1S/C14H22N2O4/c1-5-7-8-10(20-6-2)11-12(9(3)14(18)19)15-16(4)13(11)17/h15H,5-8H2,1-4H3,(H,18,19). The Morgan fingerprint density at radius 3 is 2.55 bits per heavy atom. The van der Waals surface area contributed by atoms with Gasteiger partial charge >= 0.3 is 5.97 Å². The summed E-state index contributed by atoms with van der Waals surface area (Å²) in [6.45, 7) is 5.81. The van der Waals surface area contributed by atoms with Crippen LogP contribution in [0, 0.1) is 0 Å². The average molecular weight is 282 g/mol. The van der Waals surface area contributed by atoms with Crippen molar-refractivity contribution in [2.24, 2.45) is 7.05 Å². The fourth-order valence-corrected chi connectivity index (χ4v) is 1.97. The maximum atomic E-state index is 12.2. The van der Waals surface area contributed by atoms with E-state index in [1.807, 2.05) is 13.8 Å². The molecular weight excluding hydrogens is 260 g/mol. The van der Waals surface area contributed by atoms with Crippen LogP contribution in [0.2, 0.25) is 0 Å². The predicted molar refractivity (Wildman–Crippen MR) is 76.6 cm³/mol. The number of carboxylic acid groups (broad SMARTS) is 1. The number of hydrogen-bond donors (Lipinski definition) is 2. The Hall–Kier alpha value is -1.98. The van der Waals surface area contributed by atoms with Gasteiger partial charge in [-0.2, -0.15) is 0 Å². The van der Waals surface area contributed by atoms with Crippen molar-refractivity contribution in [1.82, 2.24) is 9.78 Å². The van der Waals surface area contributed by atoms with Crippen molar-refractivity contribution in [1.29, 1.82) is 0 Å². The molecule has 0 fully saturated rings. The van der Waals surface area contributed by atoms with E-state index in [9.17, 15) is 9.59 Å². The van der Waals surface area contributed by atoms with E-state index in [0.717, 1.165) is 12.8 Å². The maximum absolute atomic E-state index is 12.2. The highest BCUT2D eigenvalue weighted by Crippen LogP contribution is 2.07. The Balaban J connectivity index is 3.75. The minimum atomic E-state index is -1.06. The molecule has 0 spiro atoms. The minimum absolute atomic E-state index is 0.103. The Morgan fingerprint density at radius 2 is 2.05 bits per heavy atom. The van der Waals surface area contributed by atoms with Crippen LogP contribution < -0.4 is 16.1 Å². The molecule has 0 aromatic carbocycles. The van der Waals surface area contributed by atoms with Crippen molar-refractivity contribution in [3.05, 3.63) is 20.9 Å². The van der Waals surface area contributed by atoms with Crippen molar-refractivity contribution in [3.8, 4) is 0 Å². The van der Waals surface area contributed by atoms with Gasteiger partial charge in [-0.15, -0.1) is 0 Å². The maximum Gasteiger partial charge on any atom is 0.333 e. The number of ether oxygens (including phenoxy) is 1. The van der Waals surface area contributed by atoms with Gasteiger partial charge in [-0.05, 0) is 20.3 Å². The van der Waals surface area contributed by atoms with Gasteiger partial charge in [0.15, 0.2) is 0 Å². The molecule has 1 aromatic rings. The number of aromatic nitrogens is 2. The lowest BCUT2D eigenvalue weighted by molar-refractivity contribution is -0.130. The number of nitrogens with one attached hydrogen (secondary N) is 1. The van der Waals surface area contributed by atoms with Crippen LogP contribution in [0.5, 0.6) is 0 Å². The number of carbonyl (C=O) groups is 1. The van der Waals surface area contributed by atoms with E-state index in [-0.39, 0.29) is 11.1 Å². The van der Waals surface area contributed by atoms with Crippen LogP contribution in [-0.4, -0.2) is 27.5 Å².